The van der Waals surface area contributed by atoms with Crippen LogP contribution in [0, 0.1) is 0 Å². The molecule has 0 fully saturated rings. The van der Waals surface area contributed by atoms with Crippen LogP contribution >= 0.6 is 0 Å². The van der Waals surface area contributed by atoms with Gasteiger partial charge in [-0.2, -0.15) is 5.10 Å². The van der Waals surface area contributed by atoms with Gasteiger partial charge in [-0.3, -0.25) is 9.48 Å². The smallest absolute Gasteiger partial charge is 0.227 e. The molecule has 0 bridgehead atoms. The number of nitrogens with one attached hydrogen (secondary N) is 1. The highest BCUT2D eigenvalue weighted by molar-refractivity contribution is 5.84. The lowest BCUT2D eigenvalue weighted by Gasteiger charge is -2.26. The summed E-state index contributed by atoms with van der Waals surface area (Å²) in [7, 11) is 1.96. The van der Waals surface area contributed by atoms with Crippen molar-refractivity contribution in [2.75, 3.05) is 13.2 Å². The minimum atomic E-state index is -0.252. The van der Waals surface area contributed by atoms with E-state index in [4.69, 9.17) is 9.47 Å². The molecule has 2 atom stereocenters. The standard InChI is InChI=1S/C19H23N3O3/c1-12(13-6-7-17-18(10-13)25-9-8-24-17)19(23)21-15-4-3-5-16-14(15)11-20-22(16)2/h6-7,10-12,15H,3-5,8-9H2,1-2H3,(H,21,23). The van der Waals surface area contributed by atoms with Crippen LogP contribution in [0.25, 0.3) is 0 Å². The molecule has 1 aromatic heterocycles. The van der Waals surface area contributed by atoms with Gasteiger partial charge in [-0.1, -0.05) is 6.07 Å². The van der Waals surface area contributed by atoms with Crippen molar-refractivity contribution in [2.24, 2.45) is 7.05 Å². The summed E-state index contributed by atoms with van der Waals surface area (Å²) in [5.41, 5.74) is 3.31. The van der Waals surface area contributed by atoms with Gasteiger partial charge in [0.2, 0.25) is 5.91 Å². The molecule has 1 amide bonds. The number of hydrogen-bond acceptors (Lipinski definition) is 4. The minimum Gasteiger partial charge on any atom is -0.486 e. The highest BCUT2D eigenvalue weighted by Gasteiger charge is 2.27. The molecular formula is C19H23N3O3. The maximum absolute atomic E-state index is 12.8. The van der Waals surface area contributed by atoms with E-state index in [1.54, 1.807) is 0 Å². The fraction of sp³-hybridized carbons (Fsp3) is 0.474. The molecular weight excluding hydrogens is 318 g/mol. The summed E-state index contributed by atoms with van der Waals surface area (Å²) in [5, 5.41) is 7.54. The second kappa shape index (κ2) is 6.43. The Balaban J connectivity index is 1.50. The Hall–Kier alpha value is -2.50. The van der Waals surface area contributed by atoms with Crippen molar-refractivity contribution in [3.8, 4) is 11.5 Å². The summed E-state index contributed by atoms with van der Waals surface area (Å²) in [4.78, 5) is 12.8. The molecule has 0 radical (unpaired) electrons. The predicted molar refractivity (Wildman–Crippen MR) is 92.9 cm³/mol. The second-order valence-corrected chi connectivity index (χ2v) is 6.75. The molecule has 6 nitrogen and oxygen atoms in total. The van der Waals surface area contributed by atoms with Gasteiger partial charge in [0, 0.05) is 18.3 Å². The molecule has 6 heteroatoms. The SMILES string of the molecule is CC(C(=O)NC1CCCc2c1cnn2C)c1ccc2c(c1)OCCO2. The molecule has 132 valence electrons. The van der Waals surface area contributed by atoms with Crippen molar-refractivity contribution in [3.05, 3.63) is 41.2 Å². The topological polar surface area (TPSA) is 65.4 Å². The average molecular weight is 341 g/mol. The highest BCUT2D eigenvalue weighted by atomic mass is 16.6. The van der Waals surface area contributed by atoms with Gasteiger partial charge in [-0.15, -0.1) is 0 Å². The van der Waals surface area contributed by atoms with E-state index < -0.39 is 0 Å². The first-order chi connectivity index (χ1) is 12.1. The second-order valence-electron chi connectivity index (χ2n) is 6.75. The number of amides is 1. The van der Waals surface area contributed by atoms with Gasteiger partial charge < -0.3 is 14.8 Å². The Labute approximate surface area is 147 Å². The quantitative estimate of drug-likeness (QED) is 0.931. The number of carbonyl (C=O) groups is 1. The van der Waals surface area contributed by atoms with Crippen LogP contribution in [0.1, 0.15) is 48.5 Å². The van der Waals surface area contributed by atoms with Crippen LogP contribution in [0.3, 0.4) is 0 Å². The summed E-state index contributed by atoms with van der Waals surface area (Å²) in [5.74, 6) is 1.24. The van der Waals surface area contributed by atoms with Gasteiger partial charge in [0.05, 0.1) is 18.2 Å². The fourth-order valence-electron chi connectivity index (χ4n) is 3.63. The van der Waals surface area contributed by atoms with Gasteiger partial charge in [0.15, 0.2) is 11.5 Å². The molecule has 1 aromatic carbocycles. The van der Waals surface area contributed by atoms with E-state index in [1.807, 2.05) is 43.0 Å². The molecule has 0 saturated heterocycles. The van der Waals surface area contributed by atoms with E-state index in [1.165, 1.54) is 5.69 Å². The Kier molecular flexibility index (Phi) is 4.11. The van der Waals surface area contributed by atoms with Crippen LogP contribution in [0.4, 0.5) is 0 Å². The molecule has 2 heterocycles. The largest absolute Gasteiger partial charge is 0.486 e. The van der Waals surface area contributed by atoms with Crippen LogP contribution in [0.5, 0.6) is 11.5 Å². The zero-order chi connectivity index (χ0) is 17.4. The van der Waals surface area contributed by atoms with Crippen molar-refractivity contribution in [1.29, 1.82) is 0 Å². The molecule has 1 aliphatic carbocycles. The van der Waals surface area contributed by atoms with E-state index in [2.05, 4.69) is 10.4 Å². The number of aromatic nitrogens is 2. The number of rotatable bonds is 3. The van der Waals surface area contributed by atoms with Gasteiger partial charge >= 0.3 is 0 Å². The number of carbonyl (C=O) groups excluding carboxylic acids is 1. The lowest BCUT2D eigenvalue weighted by atomic mass is 9.92. The molecule has 2 aliphatic rings. The Morgan fingerprint density at radius 2 is 2.12 bits per heavy atom. The van der Waals surface area contributed by atoms with E-state index in [0.717, 1.165) is 41.9 Å². The van der Waals surface area contributed by atoms with Gasteiger partial charge in [-0.05, 0) is 43.9 Å². The Morgan fingerprint density at radius 3 is 2.96 bits per heavy atom. The summed E-state index contributed by atoms with van der Waals surface area (Å²) in [6, 6.07) is 5.78. The maximum Gasteiger partial charge on any atom is 0.227 e. The number of benzene rings is 1. The van der Waals surface area contributed by atoms with Crippen LogP contribution in [-0.4, -0.2) is 28.9 Å². The van der Waals surface area contributed by atoms with E-state index in [0.29, 0.717) is 13.2 Å². The summed E-state index contributed by atoms with van der Waals surface area (Å²) < 4.78 is 13.1. The lowest BCUT2D eigenvalue weighted by molar-refractivity contribution is -0.123. The summed E-state index contributed by atoms with van der Waals surface area (Å²) in [6.45, 7) is 3.04. The van der Waals surface area contributed by atoms with Crippen molar-refractivity contribution in [1.82, 2.24) is 15.1 Å². The molecule has 25 heavy (non-hydrogen) atoms. The maximum atomic E-state index is 12.8. The summed E-state index contributed by atoms with van der Waals surface area (Å²) in [6.07, 6.45) is 4.93. The first-order valence-corrected chi connectivity index (χ1v) is 8.84. The van der Waals surface area contributed by atoms with Crippen LogP contribution in [-0.2, 0) is 18.3 Å². The Morgan fingerprint density at radius 1 is 1.32 bits per heavy atom. The third-order valence-corrected chi connectivity index (χ3v) is 5.15. The Bertz CT molecular complexity index is 799. The van der Waals surface area contributed by atoms with Crippen molar-refractivity contribution >= 4 is 5.91 Å². The molecule has 4 rings (SSSR count). The first kappa shape index (κ1) is 16.0. The zero-order valence-corrected chi connectivity index (χ0v) is 14.6. The van der Waals surface area contributed by atoms with Crippen molar-refractivity contribution in [3.63, 3.8) is 0 Å². The molecule has 1 N–H and O–H groups in total. The van der Waals surface area contributed by atoms with Crippen LogP contribution < -0.4 is 14.8 Å². The van der Waals surface area contributed by atoms with Crippen LogP contribution in [0.15, 0.2) is 24.4 Å². The average Bonchev–Trinajstić information content (AvgIpc) is 3.03. The third kappa shape index (κ3) is 2.97. The fourth-order valence-corrected chi connectivity index (χ4v) is 3.63. The molecule has 2 aromatic rings. The molecule has 0 spiro atoms. The summed E-state index contributed by atoms with van der Waals surface area (Å²) >= 11 is 0. The number of ether oxygens (including phenoxy) is 2. The normalized spacial score (nSPS) is 19.8. The molecule has 2 unspecified atom stereocenters. The number of fused-ring (bicyclic) bond motifs is 2. The van der Waals surface area contributed by atoms with Crippen molar-refractivity contribution in [2.45, 2.75) is 38.1 Å². The number of hydrogen-bond donors (Lipinski definition) is 1. The van der Waals surface area contributed by atoms with Gasteiger partial charge in [0.1, 0.15) is 13.2 Å². The minimum absolute atomic E-state index is 0.0263. The lowest BCUT2D eigenvalue weighted by Crippen LogP contribution is -2.33. The van der Waals surface area contributed by atoms with E-state index >= 15 is 0 Å². The van der Waals surface area contributed by atoms with Crippen LogP contribution in [0.2, 0.25) is 0 Å². The first-order valence-electron chi connectivity index (χ1n) is 8.84. The highest BCUT2D eigenvalue weighted by Crippen LogP contribution is 2.34. The molecule has 0 saturated carbocycles. The van der Waals surface area contributed by atoms with Gasteiger partial charge in [-0.25, -0.2) is 0 Å². The van der Waals surface area contributed by atoms with E-state index in [-0.39, 0.29) is 17.9 Å². The molecule has 1 aliphatic heterocycles. The predicted octanol–water partition coefficient (Wildman–Crippen LogP) is 2.49. The zero-order valence-electron chi connectivity index (χ0n) is 14.6. The van der Waals surface area contributed by atoms with Gasteiger partial charge in [0.25, 0.3) is 0 Å². The number of aryl methyl sites for hydroxylation is 1. The van der Waals surface area contributed by atoms with Crippen molar-refractivity contribution < 1.29 is 14.3 Å². The number of nitrogens with zero attached hydrogens (tertiary/aromatic N) is 2. The van der Waals surface area contributed by atoms with E-state index in [9.17, 15) is 4.79 Å². The third-order valence-electron chi connectivity index (χ3n) is 5.15. The monoisotopic (exact) mass is 341 g/mol.